The number of carbonyl (C=O) groups excluding carboxylic acids is 4. The van der Waals surface area contributed by atoms with Crippen LogP contribution in [0.25, 0.3) is 0 Å². The quantitative estimate of drug-likeness (QED) is 0.158. The van der Waals surface area contributed by atoms with Crippen LogP contribution in [0, 0.1) is 0 Å². The van der Waals surface area contributed by atoms with E-state index in [1.165, 1.54) is 12.1 Å². The number of carboxylic acid groups (broad SMARTS) is 3. The average molecular weight is 748 g/mol. The number of hydrogen-bond donors (Lipinski definition) is 5. The first-order chi connectivity index (χ1) is 24.0. The van der Waals surface area contributed by atoms with Crippen LogP contribution >= 0.6 is 0 Å². The molecule has 52 heavy (non-hydrogen) atoms. The predicted octanol–water partition coefficient (Wildman–Crippen LogP) is 0.181. The molecule has 2 heterocycles. The molecule has 1 spiro atoms. The summed E-state index contributed by atoms with van der Waals surface area (Å²) < 4.78 is 58.2. The van der Waals surface area contributed by atoms with Gasteiger partial charge in [-0.3, -0.25) is 14.4 Å². The number of benzene rings is 1. The molecule has 1 fully saturated rings. The summed E-state index contributed by atoms with van der Waals surface area (Å²) in [6.45, 7) is 2.25. The van der Waals surface area contributed by atoms with E-state index in [-0.39, 0.29) is 29.7 Å². The Hall–Kier alpha value is -5.44. The molecule has 1 aromatic carbocycles. The number of aromatic hydroxyl groups is 1. The SMILES string of the molecule is CC(=O)OC(C(=O)OC1=CC[C@@]2(O)[C@H]3Cc4ccc(O)c5c4[C@@]2(CCN3C)[C@H]1O5)C(OC(C)=O)C(=O)OC(CC(=O)O)C(=O)O.O=C(O)C(F)(F)F. The number of likely N-dealkylation sites (N-methyl/N-ethyl adjacent to an activating group) is 1. The number of aliphatic hydroxyl groups is 1. The number of phenols is 1. The summed E-state index contributed by atoms with van der Waals surface area (Å²) in [5, 5.41) is 48.3. The zero-order chi connectivity index (χ0) is 39.1. The summed E-state index contributed by atoms with van der Waals surface area (Å²) in [4.78, 5) is 84.0. The molecule has 1 saturated heterocycles. The van der Waals surface area contributed by atoms with Crippen molar-refractivity contribution in [1.29, 1.82) is 0 Å². The number of alkyl halides is 3. The molecule has 0 radical (unpaired) electrons. The third kappa shape index (κ3) is 7.17. The van der Waals surface area contributed by atoms with Gasteiger partial charge in [-0.15, -0.1) is 0 Å². The van der Waals surface area contributed by atoms with E-state index in [0.717, 1.165) is 19.4 Å². The number of ether oxygens (including phenoxy) is 5. The highest BCUT2D eigenvalue weighted by Crippen LogP contribution is 2.65. The maximum atomic E-state index is 13.6. The largest absolute Gasteiger partial charge is 0.504 e. The minimum Gasteiger partial charge on any atom is -0.504 e. The first-order valence-electron chi connectivity index (χ1n) is 15.2. The number of rotatable bonds is 10. The number of nitrogens with zero attached hydrogens (tertiary/aromatic N) is 1. The molecule has 0 aromatic heterocycles. The Balaban J connectivity index is 0.000000785. The zero-order valence-electron chi connectivity index (χ0n) is 27.4. The summed E-state index contributed by atoms with van der Waals surface area (Å²) in [5.41, 5.74) is -1.13. The Labute approximate surface area is 290 Å². The lowest BCUT2D eigenvalue weighted by Gasteiger charge is -2.61. The molecule has 7 atom stereocenters. The second-order valence-electron chi connectivity index (χ2n) is 12.2. The normalized spacial score (nSPS) is 25.6. The summed E-state index contributed by atoms with van der Waals surface area (Å²) in [7, 11) is 1.88. The van der Waals surface area contributed by atoms with Crippen LogP contribution in [-0.2, 0) is 64.3 Å². The van der Waals surface area contributed by atoms with Crippen molar-refractivity contribution in [2.24, 2.45) is 0 Å². The number of likely N-dealkylation sites (tertiary alicyclic amines) is 1. The fourth-order valence-electron chi connectivity index (χ4n) is 6.98. The Kier molecular flexibility index (Phi) is 10.8. The molecule has 1 aromatic rings. The van der Waals surface area contributed by atoms with Gasteiger partial charge in [-0.05, 0) is 44.1 Å². The first kappa shape index (κ1) is 39.3. The lowest BCUT2D eigenvalue weighted by Crippen LogP contribution is -2.74. The number of hydrogen-bond acceptors (Lipinski definition) is 15. The van der Waals surface area contributed by atoms with Gasteiger partial charge >= 0.3 is 48.0 Å². The van der Waals surface area contributed by atoms with Gasteiger partial charge in [0.15, 0.2) is 17.6 Å². The molecule has 0 amide bonds. The second-order valence-corrected chi connectivity index (χ2v) is 12.2. The summed E-state index contributed by atoms with van der Waals surface area (Å²) in [6, 6.07) is 2.87. The monoisotopic (exact) mass is 747 g/mol. The van der Waals surface area contributed by atoms with Crippen molar-refractivity contribution in [3.8, 4) is 11.5 Å². The van der Waals surface area contributed by atoms with Crippen molar-refractivity contribution < 1.29 is 95.9 Å². The number of halogens is 3. The van der Waals surface area contributed by atoms with Crippen LogP contribution in [0.3, 0.4) is 0 Å². The van der Waals surface area contributed by atoms with E-state index in [9.17, 15) is 57.3 Å². The molecule has 5 rings (SSSR count). The third-order valence-corrected chi connectivity index (χ3v) is 9.03. The maximum Gasteiger partial charge on any atom is 0.490 e. The molecule has 18 nitrogen and oxygen atoms in total. The Morgan fingerprint density at radius 3 is 2.08 bits per heavy atom. The third-order valence-electron chi connectivity index (χ3n) is 9.03. The predicted molar refractivity (Wildman–Crippen MR) is 157 cm³/mol. The van der Waals surface area contributed by atoms with Crippen molar-refractivity contribution >= 4 is 41.8 Å². The van der Waals surface area contributed by atoms with Gasteiger partial charge in [-0.2, -0.15) is 13.2 Å². The van der Waals surface area contributed by atoms with Gasteiger partial charge in [0.2, 0.25) is 18.3 Å². The van der Waals surface area contributed by atoms with Gasteiger partial charge < -0.3 is 54.1 Å². The van der Waals surface area contributed by atoms with E-state index in [4.69, 9.17) is 38.7 Å². The minimum atomic E-state index is -5.08. The van der Waals surface area contributed by atoms with E-state index in [1.54, 1.807) is 6.07 Å². The van der Waals surface area contributed by atoms with Crippen LogP contribution in [0.15, 0.2) is 24.0 Å². The summed E-state index contributed by atoms with van der Waals surface area (Å²) in [6.07, 6.45) is -12.2. The fourth-order valence-corrected chi connectivity index (χ4v) is 6.98. The molecule has 4 aliphatic rings. The number of esters is 4. The van der Waals surface area contributed by atoms with Crippen molar-refractivity contribution in [3.63, 3.8) is 0 Å². The summed E-state index contributed by atoms with van der Waals surface area (Å²) in [5.74, 6) is -11.9. The summed E-state index contributed by atoms with van der Waals surface area (Å²) >= 11 is 0. The van der Waals surface area contributed by atoms with Gasteiger partial charge in [0.25, 0.3) is 0 Å². The van der Waals surface area contributed by atoms with Crippen LogP contribution in [-0.4, -0.2) is 128 Å². The lowest BCUT2D eigenvalue weighted by atomic mass is 9.50. The van der Waals surface area contributed by atoms with Crippen LogP contribution in [0.5, 0.6) is 11.5 Å². The van der Waals surface area contributed by atoms with E-state index in [1.807, 2.05) is 11.9 Å². The van der Waals surface area contributed by atoms with Crippen LogP contribution in [0.4, 0.5) is 13.2 Å². The van der Waals surface area contributed by atoms with Crippen molar-refractivity contribution in [2.75, 3.05) is 13.6 Å². The molecular weight excluding hydrogens is 715 g/mol. The molecular formula is C31H32F3NO17. The molecule has 2 bridgehead atoms. The minimum absolute atomic E-state index is 0.0118. The zero-order valence-corrected chi connectivity index (χ0v) is 27.4. The van der Waals surface area contributed by atoms with Crippen molar-refractivity contribution in [1.82, 2.24) is 4.90 Å². The molecule has 5 N–H and O–H groups in total. The molecule has 2 aliphatic carbocycles. The fraction of sp³-hybridized carbons (Fsp3) is 0.516. The van der Waals surface area contributed by atoms with Gasteiger partial charge in [-0.1, -0.05) is 6.07 Å². The van der Waals surface area contributed by atoms with E-state index < -0.39 is 89.8 Å². The number of phenolic OH excluding ortho intramolecular Hbond substituents is 1. The number of piperidine rings is 1. The maximum absolute atomic E-state index is 13.6. The highest BCUT2D eigenvalue weighted by molar-refractivity contribution is 5.91. The van der Waals surface area contributed by atoms with Crippen molar-refractivity contribution in [3.05, 3.63) is 35.1 Å². The van der Waals surface area contributed by atoms with E-state index in [2.05, 4.69) is 0 Å². The van der Waals surface area contributed by atoms with Crippen LogP contribution in [0.2, 0.25) is 0 Å². The lowest BCUT2D eigenvalue weighted by molar-refractivity contribution is -0.195. The standard InChI is InChI=1S/C29H31NO15.C2HF3O2/c1-12(31)41-22(23(42-13(2)32)27(39)44-17(25(36)37)11-19(34)35)26(38)43-16-6-7-29(40)18-10-14-4-5-15(33)21-20(14)28(29,24(16)45-21)8-9-30(18)3;3-2(4,5)1(6)7/h4-6,17-18,22-24,33,40H,7-11H2,1-3H3,(H,34,35)(H,36,37);(H,6,7)/t17?,18-,22?,23?,24+,28+,29-;/m1./s1. The second kappa shape index (κ2) is 14.3. The van der Waals surface area contributed by atoms with E-state index in [0.29, 0.717) is 24.9 Å². The topological polar surface area (TPSA) is 270 Å². The Bertz CT molecular complexity index is 1730. The van der Waals surface area contributed by atoms with Gasteiger partial charge in [0.05, 0.1) is 17.4 Å². The molecule has 21 heteroatoms. The van der Waals surface area contributed by atoms with Gasteiger partial charge in [-0.25, -0.2) is 19.2 Å². The molecule has 0 saturated carbocycles. The Morgan fingerprint density at radius 2 is 1.56 bits per heavy atom. The van der Waals surface area contributed by atoms with Crippen LogP contribution < -0.4 is 4.74 Å². The highest BCUT2D eigenvalue weighted by Gasteiger charge is 2.72. The van der Waals surface area contributed by atoms with E-state index >= 15 is 0 Å². The molecule has 2 aliphatic heterocycles. The number of aliphatic carboxylic acids is 3. The smallest absolute Gasteiger partial charge is 0.490 e. The number of carbonyl (C=O) groups is 7. The van der Waals surface area contributed by atoms with Gasteiger partial charge in [0.1, 0.15) is 5.76 Å². The first-order valence-corrected chi connectivity index (χ1v) is 15.2. The molecule has 284 valence electrons. The number of carboxylic acids is 3. The van der Waals surface area contributed by atoms with Gasteiger partial charge in [0, 0.05) is 31.9 Å². The Morgan fingerprint density at radius 1 is 0.981 bits per heavy atom. The van der Waals surface area contributed by atoms with Crippen LogP contribution in [0.1, 0.15) is 44.2 Å². The average Bonchev–Trinajstić information content (AvgIpc) is 3.38. The highest BCUT2D eigenvalue weighted by atomic mass is 19.4. The van der Waals surface area contributed by atoms with Crippen molar-refractivity contribution in [2.45, 2.75) is 87.2 Å². The molecule has 3 unspecified atom stereocenters.